The Labute approximate surface area is 144 Å². The molecule has 0 bridgehead atoms. The fourth-order valence-corrected chi connectivity index (χ4v) is 3.67. The Hall–Kier alpha value is -2.12. The number of carbonyl (C=O) groups is 1. The molecule has 0 radical (unpaired) electrons. The standard InChI is InChI=1S/C16H11BrN2O3S/c1-8-4-13-10(5-12(8)17)15-11(6-22-13)14(16(20)21)18-19(15)9-2-3-23-7-9/h2-5,7H,6H2,1H3,(H,20,21). The number of halogens is 1. The second kappa shape index (κ2) is 5.21. The van der Waals surface area contributed by atoms with E-state index in [-0.39, 0.29) is 12.3 Å². The van der Waals surface area contributed by atoms with Crippen LogP contribution >= 0.6 is 27.3 Å². The van der Waals surface area contributed by atoms with E-state index < -0.39 is 5.97 Å². The van der Waals surface area contributed by atoms with Crippen molar-refractivity contribution in [2.45, 2.75) is 13.5 Å². The summed E-state index contributed by atoms with van der Waals surface area (Å²) in [6, 6.07) is 5.83. The third-order valence-electron chi connectivity index (χ3n) is 3.82. The summed E-state index contributed by atoms with van der Waals surface area (Å²) in [7, 11) is 0. The zero-order chi connectivity index (χ0) is 16.1. The Bertz CT molecular complexity index is 931. The molecule has 0 aliphatic carbocycles. The minimum Gasteiger partial charge on any atom is -0.488 e. The number of carboxylic acid groups (broad SMARTS) is 1. The zero-order valence-corrected chi connectivity index (χ0v) is 14.4. The summed E-state index contributed by atoms with van der Waals surface area (Å²) >= 11 is 5.08. The SMILES string of the molecule is Cc1cc2c(cc1Br)-c1c(c(C(=O)O)nn1-c1ccsc1)CO2. The number of nitrogens with zero attached hydrogens (tertiary/aromatic N) is 2. The van der Waals surface area contributed by atoms with Gasteiger partial charge in [0.2, 0.25) is 0 Å². The minimum absolute atomic E-state index is 0.0357. The van der Waals surface area contributed by atoms with Gasteiger partial charge in [0.15, 0.2) is 5.69 Å². The highest BCUT2D eigenvalue weighted by Gasteiger charge is 2.30. The van der Waals surface area contributed by atoms with Gasteiger partial charge in [-0.2, -0.15) is 16.4 Å². The Morgan fingerprint density at radius 3 is 3.00 bits per heavy atom. The Kier molecular flexibility index (Phi) is 3.28. The van der Waals surface area contributed by atoms with Crippen molar-refractivity contribution in [3.63, 3.8) is 0 Å². The molecule has 0 spiro atoms. The van der Waals surface area contributed by atoms with E-state index in [9.17, 15) is 9.90 Å². The van der Waals surface area contributed by atoms with Crippen LogP contribution in [0, 0.1) is 6.92 Å². The molecule has 116 valence electrons. The number of hydrogen-bond donors (Lipinski definition) is 1. The number of aromatic nitrogens is 2. The maximum absolute atomic E-state index is 11.6. The first-order chi connectivity index (χ1) is 11.1. The van der Waals surface area contributed by atoms with Crippen LogP contribution in [-0.4, -0.2) is 20.9 Å². The molecule has 1 aromatic carbocycles. The molecule has 0 saturated heterocycles. The van der Waals surface area contributed by atoms with E-state index in [1.165, 1.54) is 0 Å². The van der Waals surface area contributed by atoms with Crippen LogP contribution in [0.2, 0.25) is 0 Å². The molecule has 0 fully saturated rings. The largest absolute Gasteiger partial charge is 0.488 e. The number of thiophene rings is 1. The summed E-state index contributed by atoms with van der Waals surface area (Å²) in [5.74, 6) is -0.306. The van der Waals surface area contributed by atoms with Gasteiger partial charge in [0.05, 0.1) is 16.9 Å². The Balaban J connectivity index is 2.05. The molecule has 1 aliphatic rings. The van der Waals surface area contributed by atoms with Gasteiger partial charge in [0.25, 0.3) is 0 Å². The summed E-state index contributed by atoms with van der Waals surface area (Å²) in [5.41, 5.74) is 4.17. The number of aromatic carboxylic acids is 1. The van der Waals surface area contributed by atoms with Crippen LogP contribution in [0.1, 0.15) is 21.6 Å². The lowest BCUT2D eigenvalue weighted by Gasteiger charge is -2.20. The second-order valence-corrected chi connectivity index (χ2v) is 6.89. The van der Waals surface area contributed by atoms with Crippen molar-refractivity contribution in [1.82, 2.24) is 9.78 Å². The average molecular weight is 391 g/mol. The summed E-state index contributed by atoms with van der Waals surface area (Å²) < 4.78 is 8.41. The quantitative estimate of drug-likeness (QED) is 0.709. The molecule has 1 aliphatic heterocycles. The lowest BCUT2D eigenvalue weighted by molar-refractivity contribution is 0.0687. The predicted molar refractivity (Wildman–Crippen MR) is 90.6 cm³/mol. The smallest absolute Gasteiger partial charge is 0.356 e. The van der Waals surface area contributed by atoms with Crippen LogP contribution in [0.15, 0.2) is 33.4 Å². The summed E-state index contributed by atoms with van der Waals surface area (Å²) in [4.78, 5) is 11.6. The van der Waals surface area contributed by atoms with Crippen molar-refractivity contribution in [2.75, 3.05) is 0 Å². The second-order valence-electron chi connectivity index (χ2n) is 5.26. The van der Waals surface area contributed by atoms with Crippen LogP contribution in [0.3, 0.4) is 0 Å². The van der Waals surface area contributed by atoms with Crippen LogP contribution < -0.4 is 4.74 Å². The normalized spacial score (nSPS) is 12.4. The van der Waals surface area contributed by atoms with Gasteiger partial charge in [0.1, 0.15) is 12.4 Å². The van der Waals surface area contributed by atoms with E-state index in [1.54, 1.807) is 16.0 Å². The van der Waals surface area contributed by atoms with Crippen LogP contribution in [0.5, 0.6) is 5.75 Å². The van der Waals surface area contributed by atoms with Crippen molar-refractivity contribution in [1.29, 1.82) is 0 Å². The van der Waals surface area contributed by atoms with Crippen molar-refractivity contribution in [3.8, 4) is 22.7 Å². The predicted octanol–water partition coefficient (Wildman–Crippen LogP) is 4.26. The van der Waals surface area contributed by atoms with Gasteiger partial charge in [-0.3, -0.25) is 0 Å². The number of rotatable bonds is 2. The van der Waals surface area contributed by atoms with E-state index in [0.717, 1.165) is 32.7 Å². The van der Waals surface area contributed by atoms with Crippen molar-refractivity contribution < 1.29 is 14.6 Å². The number of ether oxygens (including phenoxy) is 1. The van der Waals surface area contributed by atoms with Crippen molar-refractivity contribution in [2.24, 2.45) is 0 Å². The number of carboxylic acids is 1. The Morgan fingerprint density at radius 2 is 2.30 bits per heavy atom. The van der Waals surface area contributed by atoms with Gasteiger partial charge in [-0.1, -0.05) is 15.9 Å². The van der Waals surface area contributed by atoms with Crippen LogP contribution in [0.4, 0.5) is 0 Å². The molecule has 0 unspecified atom stereocenters. The monoisotopic (exact) mass is 390 g/mol. The van der Waals surface area contributed by atoms with E-state index in [4.69, 9.17) is 4.74 Å². The first-order valence-electron chi connectivity index (χ1n) is 6.87. The first-order valence-corrected chi connectivity index (χ1v) is 8.61. The molecule has 1 N–H and O–H groups in total. The van der Waals surface area contributed by atoms with Crippen LogP contribution in [0.25, 0.3) is 16.9 Å². The third-order valence-corrected chi connectivity index (χ3v) is 5.35. The Morgan fingerprint density at radius 1 is 1.48 bits per heavy atom. The maximum Gasteiger partial charge on any atom is 0.356 e. The van der Waals surface area contributed by atoms with E-state index in [1.807, 2.05) is 35.9 Å². The molecule has 5 nitrogen and oxygen atoms in total. The molecule has 7 heteroatoms. The molecule has 0 saturated carbocycles. The number of benzene rings is 1. The zero-order valence-electron chi connectivity index (χ0n) is 12.0. The number of fused-ring (bicyclic) bond motifs is 3. The average Bonchev–Trinajstić information content (AvgIpc) is 3.14. The molecule has 2 aromatic heterocycles. The van der Waals surface area contributed by atoms with Gasteiger partial charge in [-0.15, -0.1) is 0 Å². The molecular weight excluding hydrogens is 380 g/mol. The molecule has 23 heavy (non-hydrogen) atoms. The number of hydrogen-bond acceptors (Lipinski definition) is 4. The lowest BCUT2D eigenvalue weighted by Crippen LogP contribution is -2.10. The summed E-state index contributed by atoms with van der Waals surface area (Å²) in [6.07, 6.45) is 0. The third kappa shape index (κ3) is 2.19. The molecule has 3 heterocycles. The highest BCUT2D eigenvalue weighted by Crippen LogP contribution is 2.42. The summed E-state index contributed by atoms with van der Waals surface area (Å²) in [6.45, 7) is 2.19. The van der Waals surface area contributed by atoms with Gasteiger partial charge < -0.3 is 9.84 Å². The van der Waals surface area contributed by atoms with E-state index in [2.05, 4.69) is 21.0 Å². The van der Waals surface area contributed by atoms with Crippen molar-refractivity contribution in [3.05, 3.63) is 50.3 Å². The minimum atomic E-state index is -1.05. The van der Waals surface area contributed by atoms with Gasteiger partial charge >= 0.3 is 5.97 Å². The van der Waals surface area contributed by atoms with Gasteiger partial charge in [-0.25, -0.2) is 9.48 Å². The van der Waals surface area contributed by atoms with Crippen molar-refractivity contribution >= 4 is 33.2 Å². The molecule has 4 rings (SSSR count). The van der Waals surface area contributed by atoms with Gasteiger partial charge in [0, 0.05) is 15.4 Å². The molecular formula is C16H11BrN2O3S. The molecule has 0 atom stereocenters. The van der Waals surface area contributed by atoms with Crippen LogP contribution in [-0.2, 0) is 6.61 Å². The highest BCUT2D eigenvalue weighted by molar-refractivity contribution is 9.10. The topological polar surface area (TPSA) is 64.3 Å². The fraction of sp³-hybridized carbons (Fsp3) is 0.125. The first kappa shape index (κ1) is 14.5. The van der Waals surface area contributed by atoms with Gasteiger partial charge in [-0.05, 0) is 36.1 Å². The molecule has 0 amide bonds. The van der Waals surface area contributed by atoms with E-state index in [0.29, 0.717) is 5.56 Å². The summed E-state index contributed by atoms with van der Waals surface area (Å²) in [5, 5.41) is 17.7. The maximum atomic E-state index is 11.6. The fourth-order valence-electron chi connectivity index (χ4n) is 2.71. The van der Waals surface area contributed by atoms with E-state index >= 15 is 0 Å². The highest BCUT2D eigenvalue weighted by atomic mass is 79.9. The molecule has 3 aromatic rings. The number of aryl methyl sites for hydroxylation is 1. The lowest BCUT2D eigenvalue weighted by atomic mass is 10.0.